The van der Waals surface area contributed by atoms with Crippen molar-refractivity contribution >= 4 is 11.9 Å². The number of H-pyrrole nitrogens is 1. The van der Waals surface area contributed by atoms with E-state index in [1.165, 1.54) is 24.3 Å². The topological polar surface area (TPSA) is 54.7 Å². The Morgan fingerprint density at radius 2 is 1.62 bits per heavy atom. The summed E-state index contributed by atoms with van der Waals surface area (Å²) < 4.78 is 27.7. The molecule has 0 amide bonds. The highest BCUT2D eigenvalue weighted by Crippen LogP contribution is 2.42. The number of nitrogens with zero attached hydrogens (tertiary/aromatic N) is 1. The SMILES string of the molecule is Nc1n[nH]c2c1C=CC(c1cccc(F)c1)(c1cccc(F)c1)C2. The summed E-state index contributed by atoms with van der Waals surface area (Å²) in [6, 6.07) is 12.8. The van der Waals surface area contributed by atoms with Crippen LogP contribution in [0.5, 0.6) is 0 Å². The second-order valence-corrected chi connectivity index (χ2v) is 6.00. The molecule has 2 aromatic carbocycles. The first-order chi connectivity index (χ1) is 11.6. The van der Waals surface area contributed by atoms with Crippen molar-refractivity contribution in [1.82, 2.24) is 10.2 Å². The van der Waals surface area contributed by atoms with Gasteiger partial charge in [-0.3, -0.25) is 5.10 Å². The monoisotopic (exact) mass is 323 g/mol. The van der Waals surface area contributed by atoms with Gasteiger partial charge in [-0.05, 0) is 35.4 Å². The Balaban J connectivity index is 1.95. The molecule has 0 saturated carbocycles. The van der Waals surface area contributed by atoms with Gasteiger partial charge in [0, 0.05) is 23.1 Å². The van der Waals surface area contributed by atoms with Crippen molar-refractivity contribution < 1.29 is 8.78 Å². The minimum Gasteiger partial charge on any atom is -0.382 e. The summed E-state index contributed by atoms with van der Waals surface area (Å²) in [7, 11) is 0. The molecule has 3 aromatic rings. The van der Waals surface area contributed by atoms with Crippen LogP contribution in [0.4, 0.5) is 14.6 Å². The number of rotatable bonds is 2. The Hall–Kier alpha value is -2.95. The number of nitrogens with two attached hydrogens (primary N) is 1. The van der Waals surface area contributed by atoms with Gasteiger partial charge in [-0.1, -0.05) is 36.4 Å². The van der Waals surface area contributed by atoms with E-state index in [4.69, 9.17) is 5.73 Å². The maximum Gasteiger partial charge on any atom is 0.152 e. The van der Waals surface area contributed by atoms with Gasteiger partial charge < -0.3 is 5.73 Å². The van der Waals surface area contributed by atoms with Gasteiger partial charge in [0.1, 0.15) is 11.6 Å². The maximum atomic E-state index is 13.8. The fourth-order valence-corrected chi connectivity index (χ4v) is 3.38. The maximum absolute atomic E-state index is 13.8. The molecular formula is C19H15F2N3. The molecule has 4 rings (SSSR count). The summed E-state index contributed by atoms with van der Waals surface area (Å²) >= 11 is 0. The Kier molecular flexibility index (Phi) is 3.23. The number of aromatic nitrogens is 2. The number of aromatic amines is 1. The molecule has 5 heteroatoms. The predicted molar refractivity (Wildman–Crippen MR) is 89.3 cm³/mol. The highest BCUT2D eigenvalue weighted by atomic mass is 19.1. The molecule has 1 heterocycles. The first kappa shape index (κ1) is 14.6. The second kappa shape index (κ2) is 5.30. The number of nitrogens with one attached hydrogen (secondary N) is 1. The standard InChI is InChI=1S/C19H15F2N3/c20-14-5-1-3-12(9-14)19(13-4-2-6-15(21)10-13)8-7-16-17(11-19)23-24-18(16)22/h1-10H,11H2,(H3,22,23,24). The molecule has 3 nitrogen and oxygen atoms in total. The Morgan fingerprint density at radius 1 is 1.00 bits per heavy atom. The lowest BCUT2D eigenvalue weighted by Gasteiger charge is -2.34. The summed E-state index contributed by atoms with van der Waals surface area (Å²) in [5.74, 6) is -0.230. The lowest BCUT2D eigenvalue weighted by Crippen LogP contribution is -2.30. The van der Waals surface area contributed by atoms with Gasteiger partial charge in [-0.25, -0.2) is 8.78 Å². The largest absolute Gasteiger partial charge is 0.382 e. The molecule has 0 radical (unpaired) electrons. The molecule has 0 spiro atoms. The highest BCUT2D eigenvalue weighted by Gasteiger charge is 2.36. The molecule has 0 atom stereocenters. The second-order valence-electron chi connectivity index (χ2n) is 6.00. The molecule has 1 aliphatic rings. The van der Waals surface area contributed by atoms with Crippen LogP contribution >= 0.6 is 0 Å². The molecule has 120 valence electrons. The molecule has 0 bridgehead atoms. The van der Waals surface area contributed by atoms with Gasteiger partial charge in [0.2, 0.25) is 0 Å². The molecule has 3 N–H and O–H groups in total. The number of benzene rings is 2. The molecular weight excluding hydrogens is 308 g/mol. The van der Waals surface area contributed by atoms with Crippen molar-refractivity contribution in [2.45, 2.75) is 11.8 Å². The molecule has 24 heavy (non-hydrogen) atoms. The van der Waals surface area contributed by atoms with Gasteiger partial charge in [0.25, 0.3) is 0 Å². The van der Waals surface area contributed by atoms with Gasteiger partial charge in [-0.2, -0.15) is 5.10 Å². The van der Waals surface area contributed by atoms with E-state index in [1.807, 2.05) is 24.3 Å². The molecule has 1 aliphatic carbocycles. The summed E-state index contributed by atoms with van der Waals surface area (Å²) in [5.41, 5.74) is 8.37. The first-order valence-electron chi connectivity index (χ1n) is 7.62. The van der Waals surface area contributed by atoms with Gasteiger partial charge in [0.15, 0.2) is 5.82 Å². The third-order valence-electron chi connectivity index (χ3n) is 4.58. The third kappa shape index (κ3) is 2.21. The minimum absolute atomic E-state index is 0.327. The summed E-state index contributed by atoms with van der Waals surface area (Å²) in [6.07, 6.45) is 4.31. The lowest BCUT2D eigenvalue weighted by atomic mass is 9.68. The van der Waals surface area contributed by atoms with Crippen LogP contribution in [0.15, 0.2) is 54.6 Å². The average molecular weight is 323 g/mol. The molecule has 0 unspecified atom stereocenters. The lowest BCUT2D eigenvalue weighted by molar-refractivity contribution is 0.582. The molecule has 1 aromatic heterocycles. The number of hydrogen-bond acceptors (Lipinski definition) is 2. The number of halogens is 2. The molecule has 0 fully saturated rings. The van der Waals surface area contributed by atoms with E-state index in [0.29, 0.717) is 12.2 Å². The fourth-order valence-electron chi connectivity index (χ4n) is 3.38. The number of anilines is 1. The van der Waals surface area contributed by atoms with Crippen LogP contribution in [-0.4, -0.2) is 10.2 Å². The van der Waals surface area contributed by atoms with Crippen LogP contribution in [0.3, 0.4) is 0 Å². The van der Waals surface area contributed by atoms with Crippen molar-refractivity contribution in [1.29, 1.82) is 0 Å². The van der Waals surface area contributed by atoms with Gasteiger partial charge >= 0.3 is 0 Å². The van der Waals surface area contributed by atoms with Gasteiger partial charge in [-0.15, -0.1) is 0 Å². The summed E-state index contributed by atoms with van der Waals surface area (Å²) in [6.45, 7) is 0. The number of hydrogen-bond donors (Lipinski definition) is 2. The van der Waals surface area contributed by atoms with Crippen LogP contribution in [0.25, 0.3) is 6.08 Å². The van der Waals surface area contributed by atoms with Crippen LogP contribution in [-0.2, 0) is 11.8 Å². The Bertz CT molecular complexity index is 898. The van der Waals surface area contributed by atoms with Crippen molar-refractivity contribution in [3.63, 3.8) is 0 Å². The van der Waals surface area contributed by atoms with E-state index < -0.39 is 5.41 Å². The van der Waals surface area contributed by atoms with E-state index in [2.05, 4.69) is 10.2 Å². The minimum atomic E-state index is -0.684. The van der Waals surface area contributed by atoms with Crippen LogP contribution in [0.1, 0.15) is 22.4 Å². The Morgan fingerprint density at radius 3 is 2.21 bits per heavy atom. The molecule has 0 aliphatic heterocycles. The number of fused-ring (bicyclic) bond motifs is 1. The van der Waals surface area contributed by atoms with Crippen molar-refractivity contribution in [3.05, 3.63) is 88.6 Å². The van der Waals surface area contributed by atoms with Gasteiger partial charge in [0.05, 0.1) is 0 Å². The normalized spacial score (nSPS) is 15.2. The third-order valence-corrected chi connectivity index (χ3v) is 4.58. The van der Waals surface area contributed by atoms with E-state index in [1.54, 1.807) is 12.1 Å². The van der Waals surface area contributed by atoms with Crippen LogP contribution in [0, 0.1) is 11.6 Å². The average Bonchev–Trinajstić information content (AvgIpc) is 2.95. The smallest absolute Gasteiger partial charge is 0.152 e. The van der Waals surface area contributed by atoms with Crippen molar-refractivity contribution in [2.24, 2.45) is 0 Å². The zero-order valence-electron chi connectivity index (χ0n) is 12.8. The number of allylic oxidation sites excluding steroid dienone is 1. The zero-order chi connectivity index (χ0) is 16.7. The fraction of sp³-hybridized carbons (Fsp3) is 0.105. The summed E-state index contributed by atoms with van der Waals surface area (Å²) in [4.78, 5) is 0. The van der Waals surface area contributed by atoms with E-state index >= 15 is 0 Å². The molecule has 0 saturated heterocycles. The van der Waals surface area contributed by atoms with E-state index in [-0.39, 0.29) is 11.6 Å². The summed E-state index contributed by atoms with van der Waals surface area (Å²) in [5, 5.41) is 6.98. The quantitative estimate of drug-likeness (QED) is 0.753. The van der Waals surface area contributed by atoms with Crippen molar-refractivity contribution in [3.8, 4) is 0 Å². The van der Waals surface area contributed by atoms with Crippen molar-refractivity contribution in [2.75, 3.05) is 5.73 Å². The Labute approximate surface area is 137 Å². The zero-order valence-corrected chi connectivity index (χ0v) is 12.8. The predicted octanol–water partition coefficient (Wildman–Crippen LogP) is 3.83. The number of nitrogen functional groups attached to an aromatic ring is 1. The van der Waals surface area contributed by atoms with Crippen LogP contribution < -0.4 is 5.73 Å². The van der Waals surface area contributed by atoms with E-state index in [9.17, 15) is 8.78 Å². The van der Waals surface area contributed by atoms with Crippen LogP contribution in [0.2, 0.25) is 0 Å². The first-order valence-corrected chi connectivity index (χ1v) is 7.62. The van der Waals surface area contributed by atoms with E-state index in [0.717, 1.165) is 22.4 Å². The highest BCUT2D eigenvalue weighted by molar-refractivity contribution is 5.69.